The summed E-state index contributed by atoms with van der Waals surface area (Å²) < 4.78 is 11.2. The summed E-state index contributed by atoms with van der Waals surface area (Å²) in [4.78, 5) is 51.5. The number of carbonyl (C=O) groups is 3. The van der Waals surface area contributed by atoms with Gasteiger partial charge in [0.1, 0.15) is 6.04 Å². The number of rotatable bonds is 14. The van der Waals surface area contributed by atoms with Gasteiger partial charge in [0.2, 0.25) is 11.8 Å². The Balaban J connectivity index is 1.02. The van der Waals surface area contributed by atoms with E-state index in [1.807, 2.05) is 17.5 Å². The van der Waals surface area contributed by atoms with Crippen molar-refractivity contribution in [3.05, 3.63) is 87.6 Å². The third-order valence-corrected chi connectivity index (χ3v) is 13.3. The predicted molar refractivity (Wildman–Crippen MR) is 220 cm³/mol. The number of carbonyl (C=O) groups excluding carboxylic acids is 3. The first-order valence-corrected chi connectivity index (χ1v) is 21.7. The van der Waals surface area contributed by atoms with Crippen molar-refractivity contribution in [1.29, 1.82) is 0 Å². The van der Waals surface area contributed by atoms with Crippen molar-refractivity contribution in [2.75, 3.05) is 65.6 Å². The van der Waals surface area contributed by atoms with Gasteiger partial charge in [0.25, 0.3) is 0 Å². The van der Waals surface area contributed by atoms with Crippen molar-refractivity contribution in [2.24, 2.45) is 5.41 Å². The molecule has 0 unspecified atom stereocenters. The molecule has 4 aliphatic rings. The van der Waals surface area contributed by atoms with Crippen molar-refractivity contribution in [3.63, 3.8) is 0 Å². The van der Waals surface area contributed by atoms with Crippen molar-refractivity contribution >= 4 is 40.8 Å². The van der Waals surface area contributed by atoms with Crippen LogP contribution in [0.2, 0.25) is 5.02 Å². The number of benzene rings is 2. The molecule has 11 nitrogen and oxygen atoms in total. The Labute approximate surface area is 340 Å². The topological polar surface area (TPSA) is 107 Å². The summed E-state index contributed by atoms with van der Waals surface area (Å²) in [6.45, 7) is 8.52. The lowest BCUT2D eigenvalue weighted by Crippen LogP contribution is -2.64. The van der Waals surface area contributed by atoms with Crippen LogP contribution in [0.4, 0.5) is 4.79 Å². The number of unbranched alkanes of at least 4 members (excludes halogenated alkanes) is 1. The fourth-order valence-corrected chi connectivity index (χ4v) is 9.73. The lowest BCUT2D eigenvalue weighted by atomic mass is 9.72. The maximum atomic E-state index is 14.8. The van der Waals surface area contributed by atoms with Crippen LogP contribution in [-0.4, -0.2) is 121 Å². The van der Waals surface area contributed by atoms with Crippen molar-refractivity contribution < 1.29 is 23.9 Å². The number of halogens is 1. The highest BCUT2D eigenvalue weighted by atomic mass is 35.5. The Morgan fingerprint density at radius 3 is 2.45 bits per heavy atom. The first-order chi connectivity index (χ1) is 27.3. The number of thiophene rings is 1. The van der Waals surface area contributed by atoms with Crippen LogP contribution in [0.15, 0.2) is 72.1 Å². The van der Waals surface area contributed by atoms with Crippen molar-refractivity contribution in [2.45, 2.75) is 82.6 Å². The van der Waals surface area contributed by atoms with Crippen LogP contribution in [0.25, 0.3) is 0 Å². The van der Waals surface area contributed by atoms with E-state index < -0.39 is 18.2 Å². The molecule has 3 aliphatic heterocycles. The molecule has 1 aliphatic carbocycles. The monoisotopic (exact) mass is 804 g/mol. The number of likely N-dealkylation sites (tertiary alicyclic amines) is 1. The van der Waals surface area contributed by atoms with Crippen molar-refractivity contribution in [1.82, 2.24) is 30.2 Å². The zero-order valence-corrected chi connectivity index (χ0v) is 34.0. The third-order valence-electron chi connectivity index (χ3n) is 12.1. The quantitative estimate of drug-likeness (QED) is 0.191. The van der Waals surface area contributed by atoms with Gasteiger partial charge in [-0.3, -0.25) is 19.4 Å². The fourth-order valence-electron chi connectivity index (χ4n) is 8.91. The number of ether oxygens (including phenoxy) is 2. The number of amides is 3. The highest BCUT2D eigenvalue weighted by Gasteiger charge is 2.43. The number of hydrogen-bond donors (Lipinski definition) is 2. The lowest BCUT2D eigenvalue weighted by Gasteiger charge is -2.43. The number of nitrogens with one attached hydrogen (secondary N) is 2. The molecule has 2 aromatic carbocycles. The second kappa shape index (κ2) is 19.8. The summed E-state index contributed by atoms with van der Waals surface area (Å²) in [5, 5.41) is 9.20. The Morgan fingerprint density at radius 1 is 0.893 bits per heavy atom. The Kier molecular flexibility index (Phi) is 14.3. The highest BCUT2D eigenvalue weighted by Crippen LogP contribution is 2.44. The van der Waals surface area contributed by atoms with Gasteiger partial charge < -0.3 is 29.9 Å². The second-order valence-corrected chi connectivity index (χ2v) is 17.4. The van der Waals surface area contributed by atoms with E-state index in [9.17, 15) is 14.4 Å². The third kappa shape index (κ3) is 10.9. The number of para-hydroxylation sites is 1. The van der Waals surface area contributed by atoms with Crippen LogP contribution in [-0.2, 0) is 27.4 Å². The molecular weight excluding hydrogens is 748 g/mol. The predicted octanol–water partition coefficient (Wildman–Crippen LogP) is 6.03. The Hall–Kier alpha value is -3.52. The largest absolute Gasteiger partial charge is 0.415 e. The SMILES string of the molecule is O=C(NCc1cccs1)[C@@H]1CN(C(=O)Oc2ccccc2Cl)CCN1C(=O)[C@@H](CCCCN1CCOCC1)NC1CCC2(CC1)CCN(Cc1ccccc1)C2. The molecule has 1 spiro atoms. The molecular formula is C43H57ClN6O5S. The summed E-state index contributed by atoms with van der Waals surface area (Å²) in [6, 6.07) is 20.4. The molecule has 302 valence electrons. The van der Waals surface area contributed by atoms with Gasteiger partial charge in [-0.05, 0) is 92.6 Å². The normalized spacial score (nSPS) is 23.9. The maximum Gasteiger partial charge on any atom is 0.415 e. The van der Waals surface area contributed by atoms with Gasteiger partial charge in [0, 0.05) is 50.2 Å². The van der Waals surface area contributed by atoms with Crippen LogP contribution in [0.1, 0.15) is 61.8 Å². The molecule has 0 radical (unpaired) electrons. The smallest absolute Gasteiger partial charge is 0.409 e. The average molecular weight is 805 g/mol. The molecule has 13 heteroatoms. The van der Waals surface area contributed by atoms with E-state index in [1.165, 1.54) is 16.9 Å². The van der Waals surface area contributed by atoms with Gasteiger partial charge in [0.15, 0.2) is 5.75 Å². The summed E-state index contributed by atoms with van der Waals surface area (Å²) in [5.74, 6) is -0.0932. The fraction of sp³-hybridized carbons (Fsp3) is 0.558. The van der Waals surface area contributed by atoms with E-state index in [0.29, 0.717) is 23.4 Å². The number of nitrogens with zero attached hydrogens (tertiary/aromatic N) is 4. The molecule has 3 saturated heterocycles. The summed E-state index contributed by atoms with van der Waals surface area (Å²) in [6.07, 6.45) is 7.56. The highest BCUT2D eigenvalue weighted by molar-refractivity contribution is 7.09. The minimum Gasteiger partial charge on any atom is -0.409 e. The summed E-state index contributed by atoms with van der Waals surface area (Å²) >= 11 is 7.86. The van der Waals surface area contributed by atoms with Gasteiger partial charge in [-0.2, -0.15) is 0 Å². The summed E-state index contributed by atoms with van der Waals surface area (Å²) in [5.41, 5.74) is 1.71. The van der Waals surface area contributed by atoms with Crippen LogP contribution < -0.4 is 15.4 Å². The molecule has 3 aromatic rings. The Bertz CT molecular complexity index is 1720. The van der Waals surface area contributed by atoms with Gasteiger partial charge in [0.05, 0.1) is 37.4 Å². The van der Waals surface area contributed by atoms with Crippen LogP contribution in [0.3, 0.4) is 0 Å². The standard InChI is InChI=1S/C43H57ClN6O5S/c44-36-12-4-5-14-39(36)55-42(53)49-22-23-50(38(31-49)40(51)45-29-35-11-8-28-56-35)41(52)37(13-6-7-20-47-24-26-54-27-25-47)46-34-15-17-43(18-16-34)19-21-48(32-43)30-33-9-2-1-3-10-33/h1-5,8-12,14,28,34,37-38,46H,6-7,13,15-27,29-32H2,(H,45,51)/t34?,37-,38+,43?/m1/s1. The minimum atomic E-state index is -0.864. The number of piperazine rings is 1. The van der Waals surface area contributed by atoms with Crippen LogP contribution in [0.5, 0.6) is 5.75 Å². The summed E-state index contributed by atoms with van der Waals surface area (Å²) in [7, 11) is 0. The molecule has 4 fully saturated rings. The first-order valence-electron chi connectivity index (χ1n) is 20.5. The first kappa shape index (κ1) is 40.7. The number of hydrogen-bond acceptors (Lipinski definition) is 9. The van der Waals surface area contributed by atoms with E-state index >= 15 is 0 Å². The van der Waals surface area contributed by atoms with Crippen LogP contribution in [0, 0.1) is 5.41 Å². The van der Waals surface area contributed by atoms with Gasteiger partial charge in [-0.15, -0.1) is 11.3 Å². The van der Waals surface area contributed by atoms with Gasteiger partial charge >= 0.3 is 6.09 Å². The molecule has 1 saturated carbocycles. The van der Waals surface area contributed by atoms with E-state index in [4.69, 9.17) is 21.1 Å². The zero-order valence-electron chi connectivity index (χ0n) is 32.4. The maximum absolute atomic E-state index is 14.8. The Morgan fingerprint density at radius 2 is 1.68 bits per heavy atom. The molecule has 56 heavy (non-hydrogen) atoms. The van der Waals surface area contributed by atoms with Crippen molar-refractivity contribution in [3.8, 4) is 5.75 Å². The van der Waals surface area contributed by atoms with E-state index in [-0.39, 0.29) is 43.2 Å². The second-order valence-electron chi connectivity index (χ2n) is 16.0. The van der Waals surface area contributed by atoms with E-state index in [1.54, 1.807) is 40.5 Å². The zero-order chi connectivity index (χ0) is 38.7. The van der Waals surface area contributed by atoms with Gasteiger partial charge in [-0.1, -0.05) is 66.6 Å². The minimum absolute atomic E-state index is 0.0283. The van der Waals surface area contributed by atoms with Crippen LogP contribution >= 0.6 is 22.9 Å². The lowest BCUT2D eigenvalue weighted by molar-refractivity contribution is -0.145. The molecule has 2 N–H and O–H groups in total. The molecule has 7 rings (SSSR count). The van der Waals surface area contributed by atoms with Gasteiger partial charge in [-0.25, -0.2) is 4.79 Å². The molecule has 4 heterocycles. The molecule has 1 aromatic heterocycles. The number of morpholine rings is 1. The van der Waals surface area contributed by atoms with E-state index in [0.717, 1.165) is 95.9 Å². The molecule has 2 atom stereocenters. The average Bonchev–Trinajstić information content (AvgIpc) is 3.90. The van der Waals surface area contributed by atoms with E-state index in [2.05, 4.69) is 50.8 Å². The molecule has 0 bridgehead atoms. The molecule has 3 amide bonds.